The van der Waals surface area contributed by atoms with E-state index in [9.17, 15) is 34.5 Å². The molecule has 1 fully saturated rings. The van der Waals surface area contributed by atoms with E-state index in [0.29, 0.717) is 19.3 Å². The van der Waals surface area contributed by atoms with E-state index in [1.54, 1.807) is 0 Å². The molecule has 1 saturated heterocycles. The molecule has 1 rings (SSSR count). The Kier molecular flexibility index (Phi) is 45.9. The highest BCUT2D eigenvalue weighted by molar-refractivity contribution is 5.74. The van der Waals surface area contributed by atoms with Crippen molar-refractivity contribution in [1.82, 2.24) is 0 Å². The van der Waals surface area contributed by atoms with Crippen LogP contribution in [0, 0.1) is 0 Å². The van der Waals surface area contributed by atoms with Gasteiger partial charge in [0.2, 0.25) is 0 Å². The summed E-state index contributed by atoms with van der Waals surface area (Å²) >= 11 is 0. The Morgan fingerprint density at radius 1 is 0.452 bits per heavy atom. The van der Waals surface area contributed by atoms with Crippen LogP contribution >= 0.6 is 0 Å². The van der Waals surface area contributed by atoms with Crippen molar-refractivity contribution in [2.45, 2.75) is 302 Å². The number of unbranched alkanes of at least 4 members (excludes halogenated alkanes) is 28. The van der Waals surface area contributed by atoms with E-state index in [0.717, 1.165) is 109 Å². The van der Waals surface area contributed by atoms with Gasteiger partial charge < -0.3 is 39.0 Å². The first kappa shape index (κ1) is 67.7. The largest absolute Gasteiger partial charge is 0.479 e. The Hall–Kier alpha value is -3.32. The Balaban J connectivity index is 2.65. The van der Waals surface area contributed by atoms with E-state index in [1.807, 2.05) is 0 Å². The Morgan fingerprint density at radius 2 is 0.822 bits per heavy atom. The fourth-order valence-corrected chi connectivity index (χ4v) is 8.78. The van der Waals surface area contributed by atoms with Crippen molar-refractivity contribution in [3.8, 4) is 0 Å². The highest BCUT2D eigenvalue weighted by Gasteiger charge is 2.50. The van der Waals surface area contributed by atoms with Crippen LogP contribution in [0.2, 0.25) is 0 Å². The van der Waals surface area contributed by atoms with Crippen LogP contribution in [0.3, 0.4) is 0 Å². The lowest BCUT2D eigenvalue weighted by molar-refractivity contribution is -0.301. The first-order valence-corrected chi connectivity index (χ1v) is 29.6. The van der Waals surface area contributed by atoms with Crippen molar-refractivity contribution in [3.05, 3.63) is 48.6 Å². The number of carbonyl (C=O) groups excluding carboxylic acids is 3. The van der Waals surface area contributed by atoms with Gasteiger partial charge in [-0.2, -0.15) is 0 Å². The summed E-state index contributed by atoms with van der Waals surface area (Å²) in [6, 6.07) is 0. The lowest BCUT2D eigenvalue weighted by Crippen LogP contribution is -2.61. The molecule has 3 N–H and O–H groups in total. The van der Waals surface area contributed by atoms with Crippen LogP contribution < -0.4 is 0 Å². The molecule has 422 valence electrons. The molecule has 6 atom stereocenters. The molecular weight excluding hydrogens is 925 g/mol. The Labute approximate surface area is 443 Å². The SMILES string of the molecule is CCCCC/C=C\C/C=C\C/C=C\CCCCCCCCC(=O)OC1C(OCC(COC(=O)CCCCCCC/C=C\CCCCCCCC)OC(=O)CCCCCCCCCCC)OC(C(=O)O)C(O)C1O. The normalized spacial score (nSPS) is 18.6. The highest BCUT2D eigenvalue weighted by Crippen LogP contribution is 2.26. The van der Waals surface area contributed by atoms with Crippen LogP contribution in [-0.4, -0.2) is 89.2 Å². The average Bonchev–Trinajstić information content (AvgIpc) is 3.37. The predicted octanol–water partition coefficient (Wildman–Crippen LogP) is 15.0. The topological polar surface area (TPSA) is 175 Å². The number of carbonyl (C=O) groups is 4. The number of aliphatic hydroxyl groups is 2. The summed E-state index contributed by atoms with van der Waals surface area (Å²) in [6.07, 6.45) is 46.6. The minimum atomic E-state index is -1.91. The fraction of sp³-hybridized carbons (Fsp3) is 0.803. The summed E-state index contributed by atoms with van der Waals surface area (Å²) in [5.41, 5.74) is 0. The average molecular weight is 1030 g/mol. The van der Waals surface area contributed by atoms with Crippen molar-refractivity contribution in [2.24, 2.45) is 0 Å². The first-order chi connectivity index (χ1) is 35.6. The molecule has 73 heavy (non-hydrogen) atoms. The summed E-state index contributed by atoms with van der Waals surface area (Å²) in [5.74, 6) is -3.13. The number of hydrogen-bond acceptors (Lipinski definition) is 11. The van der Waals surface area contributed by atoms with Crippen LogP contribution in [0.5, 0.6) is 0 Å². The number of allylic oxidation sites excluding steroid dienone is 8. The zero-order valence-electron chi connectivity index (χ0n) is 46.4. The predicted molar refractivity (Wildman–Crippen MR) is 294 cm³/mol. The molecule has 1 aliphatic heterocycles. The number of carboxylic acid groups (broad SMARTS) is 1. The second kappa shape index (κ2) is 49.6. The van der Waals surface area contributed by atoms with E-state index in [1.165, 1.54) is 96.3 Å². The summed E-state index contributed by atoms with van der Waals surface area (Å²) in [7, 11) is 0. The number of aliphatic hydroxyl groups excluding tert-OH is 2. The summed E-state index contributed by atoms with van der Waals surface area (Å²) < 4.78 is 28.4. The summed E-state index contributed by atoms with van der Waals surface area (Å²) in [6.45, 7) is 5.93. The van der Waals surface area contributed by atoms with Gasteiger partial charge in [0.15, 0.2) is 24.6 Å². The standard InChI is InChI=1S/C61H106O12/c1-4-7-10-13-16-19-21-23-25-26-27-28-30-32-34-37-40-43-46-49-55(64)72-59-57(66)56(65)58(60(67)68)73-61(59)70-51-52(71-54(63)48-45-42-39-35-18-15-12-9-6-3)50-69-53(62)47-44-41-38-36-33-31-29-24-22-20-17-14-11-8-5-2/h16,19,23-25,27-29,52,56-59,61,65-66H,4-15,17-18,20-22,26,30-51H2,1-3H3,(H,67,68)/b19-16-,25-23-,28-27-,29-24-. The number of carboxylic acids is 1. The Morgan fingerprint density at radius 3 is 1.29 bits per heavy atom. The maximum atomic E-state index is 13.1. The zero-order valence-corrected chi connectivity index (χ0v) is 46.4. The van der Waals surface area contributed by atoms with Gasteiger partial charge in [-0.25, -0.2) is 4.79 Å². The van der Waals surface area contributed by atoms with Crippen LogP contribution in [-0.2, 0) is 42.9 Å². The monoisotopic (exact) mass is 1030 g/mol. The van der Waals surface area contributed by atoms with Crippen LogP contribution in [0.25, 0.3) is 0 Å². The quantitative estimate of drug-likeness (QED) is 0.0228. The molecule has 12 nitrogen and oxygen atoms in total. The summed E-state index contributed by atoms with van der Waals surface area (Å²) in [5, 5.41) is 31.4. The van der Waals surface area contributed by atoms with E-state index < -0.39 is 67.3 Å². The van der Waals surface area contributed by atoms with Gasteiger partial charge in [0.1, 0.15) is 18.8 Å². The second-order valence-electron chi connectivity index (χ2n) is 20.3. The molecule has 1 heterocycles. The third-order valence-electron chi connectivity index (χ3n) is 13.4. The van der Waals surface area contributed by atoms with E-state index in [2.05, 4.69) is 69.4 Å². The molecule has 6 unspecified atom stereocenters. The zero-order chi connectivity index (χ0) is 53.3. The van der Waals surface area contributed by atoms with Crippen LogP contribution in [0.1, 0.15) is 265 Å². The van der Waals surface area contributed by atoms with Gasteiger partial charge in [-0.3, -0.25) is 14.4 Å². The molecule has 0 spiro atoms. The number of hydrogen-bond donors (Lipinski definition) is 3. The highest BCUT2D eigenvalue weighted by atomic mass is 16.7. The van der Waals surface area contributed by atoms with E-state index in [4.69, 9.17) is 23.7 Å². The molecular formula is C61H106O12. The molecule has 0 radical (unpaired) electrons. The van der Waals surface area contributed by atoms with Crippen molar-refractivity contribution in [3.63, 3.8) is 0 Å². The molecule has 1 aliphatic rings. The minimum Gasteiger partial charge on any atom is -0.479 e. The van der Waals surface area contributed by atoms with E-state index in [-0.39, 0.29) is 25.9 Å². The molecule has 0 aromatic carbocycles. The minimum absolute atomic E-state index is 0.0467. The Bertz CT molecular complexity index is 1460. The molecule has 0 aromatic rings. The van der Waals surface area contributed by atoms with Crippen molar-refractivity contribution >= 4 is 23.9 Å². The second-order valence-corrected chi connectivity index (χ2v) is 20.3. The maximum absolute atomic E-state index is 13.1. The van der Waals surface area contributed by atoms with Gasteiger partial charge in [0, 0.05) is 19.3 Å². The number of aliphatic carboxylic acids is 1. The van der Waals surface area contributed by atoms with Gasteiger partial charge in [-0.1, -0.05) is 211 Å². The molecule has 0 aliphatic carbocycles. The third kappa shape index (κ3) is 39.7. The van der Waals surface area contributed by atoms with Gasteiger partial charge in [-0.15, -0.1) is 0 Å². The number of ether oxygens (including phenoxy) is 5. The molecule has 0 aromatic heterocycles. The summed E-state index contributed by atoms with van der Waals surface area (Å²) in [4.78, 5) is 51.0. The smallest absolute Gasteiger partial charge is 0.335 e. The number of esters is 3. The van der Waals surface area contributed by atoms with Gasteiger partial charge in [0.05, 0.1) is 6.61 Å². The molecule has 12 heteroatoms. The fourth-order valence-electron chi connectivity index (χ4n) is 8.78. The lowest BCUT2D eigenvalue weighted by Gasteiger charge is -2.40. The van der Waals surface area contributed by atoms with Crippen molar-refractivity contribution < 1.29 is 58.2 Å². The number of rotatable bonds is 50. The van der Waals surface area contributed by atoms with E-state index >= 15 is 0 Å². The molecule has 0 saturated carbocycles. The van der Waals surface area contributed by atoms with Gasteiger partial charge >= 0.3 is 23.9 Å². The van der Waals surface area contributed by atoms with Gasteiger partial charge in [0.25, 0.3) is 0 Å². The molecule has 0 amide bonds. The van der Waals surface area contributed by atoms with Crippen molar-refractivity contribution in [2.75, 3.05) is 13.2 Å². The molecule has 0 bridgehead atoms. The first-order valence-electron chi connectivity index (χ1n) is 29.6. The maximum Gasteiger partial charge on any atom is 0.335 e. The van der Waals surface area contributed by atoms with Crippen LogP contribution in [0.4, 0.5) is 0 Å². The van der Waals surface area contributed by atoms with Crippen LogP contribution in [0.15, 0.2) is 48.6 Å². The van der Waals surface area contributed by atoms with Gasteiger partial charge in [-0.05, 0) is 83.5 Å². The van der Waals surface area contributed by atoms with Crippen molar-refractivity contribution in [1.29, 1.82) is 0 Å². The third-order valence-corrected chi connectivity index (χ3v) is 13.4. The lowest BCUT2D eigenvalue weighted by atomic mass is 9.98.